The highest BCUT2D eigenvalue weighted by Crippen LogP contribution is 2.30. The fraction of sp³-hybridized carbons (Fsp3) is 0.125. The zero-order valence-corrected chi connectivity index (χ0v) is 6.81. The molecule has 0 aromatic carbocycles. The summed E-state index contributed by atoms with van der Waals surface area (Å²) in [5.41, 5.74) is 3.13. The van der Waals surface area contributed by atoms with Gasteiger partial charge in [-0.15, -0.1) is 0 Å². The summed E-state index contributed by atoms with van der Waals surface area (Å²) < 4.78 is 0. The number of hydrogen-bond donors (Lipinski definition) is 1. The Morgan fingerprint density at radius 1 is 1.45 bits per heavy atom. The standard InChI is InChI=1S/C8H7ClN2/c1-5-2-3-6-7(5)8(9)11-4-10-6/h2-4H,1H3,(H,10,11). The van der Waals surface area contributed by atoms with Crippen LogP contribution in [0, 0.1) is 6.92 Å². The van der Waals surface area contributed by atoms with Crippen molar-refractivity contribution in [3.8, 4) is 11.3 Å². The third-order valence-corrected chi connectivity index (χ3v) is 2.05. The summed E-state index contributed by atoms with van der Waals surface area (Å²) in [6.07, 6.45) is 1.60. The number of fused-ring (bicyclic) bond motifs is 1. The number of rotatable bonds is 0. The highest BCUT2D eigenvalue weighted by molar-refractivity contribution is 6.32. The lowest BCUT2D eigenvalue weighted by Crippen LogP contribution is -1.86. The van der Waals surface area contributed by atoms with Gasteiger partial charge < -0.3 is 4.98 Å². The van der Waals surface area contributed by atoms with E-state index in [4.69, 9.17) is 11.6 Å². The minimum atomic E-state index is 0.664. The van der Waals surface area contributed by atoms with Gasteiger partial charge in [0, 0.05) is 5.56 Å². The molecule has 2 aliphatic rings. The SMILES string of the molecule is Cc1ccc2nc[nH]c(Cl)c1-2. The summed E-state index contributed by atoms with van der Waals surface area (Å²) in [5.74, 6) is 0. The predicted molar refractivity (Wildman–Crippen MR) is 45.0 cm³/mol. The Hall–Kier alpha value is -1.02. The molecule has 0 bridgehead atoms. The zero-order valence-electron chi connectivity index (χ0n) is 6.06. The van der Waals surface area contributed by atoms with Crippen LogP contribution in [0.2, 0.25) is 5.15 Å². The van der Waals surface area contributed by atoms with Crippen molar-refractivity contribution in [2.45, 2.75) is 6.92 Å². The van der Waals surface area contributed by atoms with E-state index in [1.165, 1.54) is 0 Å². The molecule has 3 heteroatoms. The monoisotopic (exact) mass is 166 g/mol. The van der Waals surface area contributed by atoms with Crippen LogP contribution < -0.4 is 0 Å². The molecule has 0 spiro atoms. The molecule has 0 saturated heterocycles. The van der Waals surface area contributed by atoms with Crippen molar-refractivity contribution >= 4 is 11.6 Å². The van der Waals surface area contributed by atoms with Crippen LogP contribution in [0.3, 0.4) is 0 Å². The molecule has 2 nitrogen and oxygen atoms in total. The smallest absolute Gasteiger partial charge is 0.117 e. The van der Waals surface area contributed by atoms with Crippen LogP contribution in [-0.2, 0) is 0 Å². The van der Waals surface area contributed by atoms with Gasteiger partial charge in [-0.05, 0) is 18.6 Å². The van der Waals surface area contributed by atoms with E-state index in [1.54, 1.807) is 6.33 Å². The number of aromatic nitrogens is 2. The number of nitrogens with one attached hydrogen (secondary N) is 1. The van der Waals surface area contributed by atoms with Gasteiger partial charge in [0.05, 0.1) is 12.0 Å². The lowest BCUT2D eigenvalue weighted by molar-refractivity contribution is 1.17. The Bertz CT molecular complexity index is 353. The van der Waals surface area contributed by atoms with Crippen molar-refractivity contribution in [1.82, 2.24) is 9.97 Å². The molecule has 1 N–H and O–H groups in total. The number of aryl methyl sites for hydroxylation is 1. The van der Waals surface area contributed by atoms with E-state index in [0.29, 0.717) is 5.15 Å². The van der Waals surface area contributed by atoms with E-state index >= 15 is 0 Å². The second-order valence-corrected chi connectivity index (χ2v) is 2.87. The minimum Gasteiger partial charge on any atom is -0.336 e. The van der Waals surface area contributed by atoms with Crippen molar-refractivity contribution in [3.05, 3.63) is 29.2 Å². The van der Waals surface area contributed by atoms with Gasteiger partial charge in [0.1, 0.15) is 5.15 Å². The first-order chi connectivity index (χ1) is 5.29. The van der Waals surface area contributed by atoms with Gasteiger partial charge in [-0.2, -0.15) is 0 Å². The zero-order chi connectivity index (χ0) is 7.84. The topological polar surface area (TPSA) is 28.7 Å². The molecule has 0 atom stereocenters. The van der Waals surface area contributed by atoms with E-state index in [0.717, 1.165) is 16.8 Å². The van der Waals surface area contributed by atoms with Crippen molar-refractivity contribution in [3.63, 3.8) is 0 Å². The number of aromatic amines is 1. The van der Waals surface area contributed by atoms with Gasteiger partial charge in [0.25, 0.3) is 0 Å². The first-order valence-electron chi connectivity index (χ1n) is 3.37. The van der Waals surface area contributed by atoms with Crippen LogP contribution in [0.4, 0.5) is 0 Å². The second kappa shape index (κ2) is 2.24. The largest absolute Gasteiger partial charge is 0.336 e. The third-order valence-electron chi connectivity index (χ3n) is 1.76. The molecule has 0 saturated carbocycles. The van der Waals surface area contributed by atoms with Gasteiger partial charge >= 0.3 is 0 Å². The summed E-state index contributed by atoms with van der Waals surface area (Å²) in [7, 11) is 0. The van der Waals surface area contributed by atoms with E-state index in [1.807, 2.05) is 19.1 Å². The molecule has 1 heterocycles. The van der Waals surface area contributed by atoms with Crippen LogP contribution in [-0.4, -0.2) is 9.97 Å². The van der Waals surface area contributed by atoms with Gasteiger partial charge in [-0.1, -0.05) is 17.7 Å². The Morgan fingerprint density at radius 3 is 3.00 bits per heavy atom. The number of halogens is 1. The molecule has 0 aromatic rings. The van der Waals surface area contributed by atoms with Crippen LogP contribution in [0.15, 0.2) is 18.5 Å². The summed E-state index contributed by atoms with van der Waals surface area (Å²) in [5, 5.41) is 0.664. The van der Waals surface area contributed by atoms with E-state index < -0.39 is 0 Å². The summed E-state index contributed by atoms with van der Waals surface area (Å²) in [6, 6.07) is 3.97. The molecular weight excluding hydrogens is 160 g/mol. The van der Waals surface area contributed by atoms with Crippen LogP contribution in [0.5, 0.6) is 0 Å². The Morgan fingerprint density at radius 2 is 2.27 bits per heavy atom. The van der Waals surface area contributed by atoms with Gasteiger partial charge in [-0.3, -0.25) is 0 Å². The summed E-state index contributed by atoms with van der Waals surface area (Å²) in [6.45, 7) is 2.02. The average Bonchev–Trinajstić information content (AvgIpc) is 2.34. The Labute approximate surface area is 69.6 Å². The fourth-order valence-corrected chi connectivity index (χ4v) is 1.49. The average molecular weight is 167 g/mol. The molecule has 0 radical (unpaired) electrons. The molecule has 0 unspecified atom stereocenters. The highest BCUT2D eigenvalue weighted by atomic mass is 35.5. The summed E-state index contributed by atoms with van der Waals surface area (Å²) in [4.78, 5) is 6.98. The molecule has 11 heavy (non-hydrogen) atoms. The molecule has 2 rings (SSSR count). The third kappa shape index (κ3) is 0.906. The molecule has 56 valence electrons. The molecule has 0 fully saturated rings. The van der Waals surface area contributed by atoms with Crippen LogP contribution in [0.1, 0.15) is 5.56 Å². The Balaban J connectivity index is 2.82. The maximum absolute atomic E-state index is 5.91. The fourth-order valence-electron chi connectivity index (χ4n) is 1.20. The molecule has 0 amide bonds. The molecule has 1 aliphatic heterocycles. The van der Waals surface area contributed by atoms with Crippen LogP contribution in [0.25, 0.3) is 11.3 Å². The minimum absolute atomic E-state index is 0.664. The number of H-pyrrole nitrogens is 1. The van der Waals surface area contributed by atoms with E-state index in [2.05, 4.69) is 9.97 Å². The maximum Gasteiger partial charge on any atom is 0.117 e. The normalized spacial score (nSPS) is 10.7. The first kappa shape index (κ1) is 6.68. The maximum atomic E-state index is 5.91. The number of nitrogens with zero attached hydrogens (tertiary/aromatic N) is 1. The first-order valence-corrected chi connectivity index (χ1v) is 3.75. The molecular formula is C8H7ClN2. The van der Waals surface area contributed by atoms with Gasteiger partial charge in [-0.25, -0.2) is 4.98 Å². The lowest BCUT2D eigenvalue weighted by atomic mass is 10.2. The quantitative estimate of drug-likeness (QED) is 0.599. The van der Waals surface area contributed by atoms with Crippen molar-refractivity contribution in [2.75, 3.05) is 0 Å². The van der Waals surface area contributed by atoms with Crippen molar-refractivity contribution in [2.24, 2.45) is 0 Å². The van der Waals surface area contributed by atoms with Crippen molar-refractivity contribution in [1.29, 1.82) is 0 Å². The van der Waals surface area contributed by atoms with Crippen LogP contribution >= 0.6 is 11.6 Å². The van der Waals surface area contributed by atoms with E-state index in [-0.39, 0.29) is 0 Å². The Kier molecular flexibility index (Phi) is 1.36. The highest BCUT2D eigenvalue weighted by Gasteiger charge is 2.10. The molecule has 1 aliphatic carbocycles. The van der Waals surface area contributed by atoms with Gasteiger partial charge in [0.2, 0.25) is 0 Å². The predicted octanol–water partition coefficient (Wildman–Crippen LogP) is 2.48. The van der Waals surface area contributed by atoms with Crippen molar-refractivity contribution < 1.29 is 0 Å². The summed E-state index contributed by atoms with van der Waals surface area (Å²) >= 11 is 5.91. The second-order valence-electron chi connectivity index (χ2n) is 2.49. The molecule has 0 aromatic heterocycles. The van der Waals surface area contributed by atoms with Gasteiger partial charge in [0.15, 0.2) is 0 Å². The van der Waals surface area contributed by atoms with E-state index in [9.17, 15) is 0 Å². The lowest BCUT2D eigenvalue weighted by Gasteiger charge is -2.00. The number of hydrogen-bond acceptors (Lipinski definition) is 1.